The summed E-state index contributed by atoms with van der Waals surface area (Å²) in [6, 6.07) is 11.5. The number of amides is 1. The van der Waals surface area contributed by atoms with Crippen molar-refractivity contribution in [2.45, 2.75) is 6.92 Å². The largest absolute Gasteiger partial charge is 0.493 e. The highest BCUT2D eigenvalue weighted by atomic mass is 16.5. The normalized spacial score (nSPS) is 13.8. The van der Waals surface area contributed by atoms with Gasteiger partial charge in [-0.3, -0.25) is 4.79 Å². The SMILES string of the molecule is CCOc1ccccc1N1CCN(C(=O)c2ccc(OC)c(OC)c2OC)CC1. The van der Waals surface area contributed by atoms with E-state index in [1.807, 2.05) is 30.0 Å². The number of para-hydroxylation sites is 2. The minimum atomic E-state index is -0.0828. The Morgan fingerprint density at radius 1 is 0.862 bits per heavy atom. The lowest BCUT2D eigenvalue weighted by molar-refractivity contribution is 0.0742. The summed E-state index contributed by atoms with van der Waals surface area (Å²) in [7, 11) is 4.61. The van der Waals surface area contributed by atoms with E-state index in [0.717, 1.165) is 24.5 Å². The van der Waals surface area contributed by atoms with Crippen LogP contribution in [0, 0.1) is 0 Å². The van der Waals surface area contributed by atoms with E-state index in [2.05, 4.69) is 11.0 Å². The Morgan fingerprint density at radius 3 is 2.17 bits per heavy atom. The van der Waals surface area contributed by atoms with Crippen LogP contribution in [0.1, 0.15) is 17.3 Å². The predicted molar refractivity (Wildman–Crippen MR) is 112 cm³/mol. The first-order valence-corrected chi connectivity index (χ1v) is 9.69. The molecule has 2 aromatic rings. The lowest BCUT2D eigenvalue weighted by atomic mass is 10.1. The molecule has 3 rings (SSSR count). The zero-order chi connectivity index (χ0) is 20.8. The van der Waals surface area contributed by atoms with E-state index in [0.29, 0.717) is 42.5 Å². The second-order valence-corrected chi connectivity index (χ2v) is 6.56. The smallest absolute Gasteiger partial charge is 0.257 e. The number of ether oxygens (including phenoxy) is 4. The lowest BCUT2D eigenvalue weighted by Crippen LogP contribution is -2.49. The molecule has 0 bridgehead atoms. The van der Waals surface area contributed by atoms with Gasteiger partial charge < -0.3 is 28.7 Å². The summed E-state index contributed by atoms with van der Waals surface area (Å²) in [6.45, 7) is 5.27. The fourth-order valence-corrected chi connectivity index (χ4v) is 3.59. The Morgan fingerprint density at radius 2 is 1.55 bits per heavy atom. The van der Waals surface area contributed by atoms with Gasteiger partial charge in [-0.2, -0.15) is 0 Å². The van der Waals surface area contributed by atoms with Crippen LogP contribution in [-0.4, -0.2) is 64.9 Å². The van der Waals surface area contributed by atoms with Crippen LogP contribution in [0.15, 0.2) is 36.4 Å². The van der Waals surface area contributed by atoms with Gasteiger partial charge in [-0.15, -0.1) is 0 Å². The molecule has 0 radical (unpaired) electrons. The molecule has 29 heavy (non-hydrogen) atoms. The Balaban J connectivity index is 1.76. The van der Waals surface area contributed by atoms with Crippen molar-refractivity contribution in [1.29, 1.82) is 0 Å². The van der Waals surface area contributed by atoms with Crippen molar-refractivity contribution in [3.8, 4) is 23.0 Å². The molecule has 0 aliphatic carbocycles. The van der Waals surface area contributed by atoms with Crippen molar-refractivity contribution in [1.82, 2.24) is 4.90 Å². The van der Waals surface area contributed by atoms with E-state index < -0.39 is 0 Å². The molecule has 1 aliphatic rings. The maximum Gasteiger partial charge on any atom is 0.257 e. The van der Waals surface area contributed by atoms with Crippen LogP contribution in [0.2, 0.25) is 0 Å². The van der Waals surface area contributed by atoms with E-state index >= 15 is 0 Å². The molecule has 1 aliphatic heterocycles. The first kappa shape index (κ1) is 20.6. The van der Waals surface area contributed by atoms with Gasteiger partial charge in [0.1, 0.15) is 5.75 Å². The van der Waals surface area contributed by atoms with Gasteiger partial charge in [-0.05, 0) is 31.2 Å². The van der Waals surface area contributed by atoms with Crippen molar-refractivity contribution in [2.24, 2.45) is 0 Å². The molecule has 1 amide bonds. The Hall–Kier alpha value is -3.09. The summed E-state index contributed by atoms with van der Waals surface area (Å²) in [5, 5.41) is 0. The first-order chi connectivity index (χ1) is 14.1. The van der Waals surface area contributed by atoms with Crippen molar-refractivity contribution < 1.29 is 23.7 Å². The van der Waals surface area contributed by atoms with Gasteiger partial charge in [0.05, 0.1) is 39.2 Å². The Labute approximate surface area is 171 Å². The van der Waals surface area contributed by atoms with Gasteiger partial charge in [0.25, 0.3) is 5.91 Å². The van der Waals surface area contributed by atoms with Crippen LogP contribution >= 0.6 is 0 Å². The molecule has 7 heteroatoms. The lowest BCUT2D eigenvalue weighted by Gasteiger charge is -2.37. The van der Waals surface area contributed by atoms with Crippen LogP contribution in [0.3, 0.4) is 0 Å². The number of benzene rings is 2. The monoisotopic (exact) mass is 400 g/mol. The summed E-state index contributed by atoms with van der Waals surface area (Å²) in [5.74, 6) is 2.13. The number of carbonyl (C=O) groups is 1. The molecule has 1 saturated heterocycles. The van der Waals surface area contributed by atoms with Gasteiger partial charge in [-0.1, -0.05) is 12.1 Å². The van der Waals surface area contributed by atoms with E-state index in [1.165, 1.54) is 14.2 Å². The van der Waals surface area contributed by atoms with Crippen molar-refractivity contribution >= 4 is 11.6 Å². The van der Waals surface area contributed by atoms with E-state index in [-0.39, 0.29) is 5.91 Å². The highest BCUT2D eigenvalue weighted by Gasteiger charge is 2.28. The van der Waals surface area contributed by atoms with Crippen molar-refractivity contribution in [3.05, 3.63) is 42.0 Å². The minimum absolute atomic E-state index is 0.0828. The fraction of sp³-hybridized carbons (Fsp3) is 0.409. The summed E-state index contributed by atoms with van der Waals surface area (Å²) >= 11 is 0. The van der Waals surface area contributed by atoms with Gasteiger partial charge >= 0.3 is 0 Å². The molecular formula is C22H28N2O5. The van der Waals surface area contributed by atoms with Gasteiger partial charge in [0.15, 0.2) is 11.5 Å². The van der Waals surface area contributed by atoms with E-state index in [4.69, 9.17) is 18.9 Å². The Bertz CT molecular complexity index is 847. The van der Waals surface area contributed by atoms with Crippen LogP contribution < -0.4 is 23.8 Å². The van der Waals surface area contributed by atoms with Crippen molar-refractivity contribution in [3.63, 3.8) is 0 Å². The molecule has 1 fully saturated rings. The molecular weight excluding hydrogens is 372 g/mol. The van der Waals surface area contributed by atoms with Crippen LogP contribution in [0.5, 0.6) is 23.0 Å². The molecule has 0 unspecified atom stereocenters. The third kappa shape index (κ3) is 4.18. The molecule has 1 heterocycles. The average molecular weight is 400 g/mol. The zero-order valence-electron chi connectivity index (χ0n) is 17.4. The molecule has 156 valence electrons. The fourth-order valence-electron chi connectivity index (χ4n) is 3.59. The maximum atomic E-state index is 13.2. The third-order valence-electron chi connectivity index (χ3n) is 5.01. The number of hydrogen-bond donors (Lipinski definition) is 0. The molecule has 0 atom stereocenters. The van der Waals surface area contributed by atoms with Crippen LogP contribution in [-0.2, 0) is 0 Å². The molecule has 0 spiro atoms. The summed E-state index contributed by atoms with van der Waals surface area (Å²) < 4.78 is 21.9. The molecule has 2 aromatic carbocycles. The first-order valence-electron chi connectivity index (χ1n) is 9.69. The van der Waals surface area contributed by atoms with Crippen LogP contribution in [0.4, 0.5) is 5.69 Å². The number of nitrogens with zero attached hydrogens (tertiary/aromatic N) is 2. The summed E-state index contributed by atoms with van der Waals surface area (Å²) in [5.41, 5.74) is 1.53. The molecule has 0 aromatic heterocycles. The number of carbonyl (C=O) groups excluding carboxylic acids is 1. The zero-order valence-corrected chi connectivity index (χ0v) is 17.4. The minimum Gasteiger partial charge on any atom is -0.493 e. The highest BCUT2D eigenvalue weighted by molar-refractivity contribution is 5.98. The number of piperazine rings is 1. The standard InChI is InChI=1S/C22H28N2O5/c1-5-29-18-9-7-6-8-17(18)23-12-14-24(15-13-23)22(25)16-10-11-19(26-2)21(28-4)20(16)27-3/h6-11H,5,12-15H2,1-4H3. The summed E-state index contributed by atoms with van der Waals surface area (Å²) in [6.07, 6.45) is 0. The van der Waals surface area contributed by atoms with E-state index in [1.54, 1.807) is 19.2 Å². The Kier molecular flexibility index (Phi) is 6.69. The second-order valence-electron chi connectivity index (χ2n) is 6.56. The number of hydrogen-bond acceptors (Lipinski definition) is 6. The molecule has 0 N–H and O–H groups in total. The van der Waals surface area contributed by atoms with Gasteiger partial charge in [0, 0.05) is 26.2 Å². The predicted octanol–water partition coefficient (Wildman–Crippen LogP) is 3.07. The van der Waals surface area contributed by atoms with Crippen molar-refractivity contribution in [2.75, 3.05) is 59.0 Å². The topological polar surface area (TPSA) is 60.5 Å². The third-order valence-corrected chi connectivity index (χ3v) is 5.01. The summed E-state index contributed by atoms with van der Waals surface area (Å²) in [4.78, 5) is 17.3. The second kappa shape index (κ2) is 9.41. The van der Waals surface area contributed by atoms with Crippen LogP contribution in [0.25, 0.3) is 0 Å². The quantitative estimate of drug-likeness (QED) is 0.712. The molecule has 7 nitrogen and oxygen atoms in total. The highest BCUT2D eigenvalue weighted by Crippen LogP contribution is 2.40. The molecule has 0 saturated carbocycles. The number of rotatable bonds is 7. The maximum absolute atomic E-state index is 13.2. The van der Waals surface area contributed by atoms with Gasteiger partial charge in [0.2, 0.25) is 5.75 Å². The number of anilines is 1. The number of methoxy groups -OCH3 is 3. The van der Waals surface area contributed by atoms with E-state index in [9.17, 15) is 4.79 Å². The van der Waals surface area contributed by atoms with Gasteiger partial charge in [-0.25, -0.2) is 0 Å². The average Bonchev–Trinajstić information content (AvgIpc) is 2.78.